The minimum absolute atomic E-state index is 0. The van der Waals surface area contributed by atoms with Crippen molar-refractivity contribution in [1.29, 1.82) is 0 Å². The van der Waals surface area contributed by atoms with Crippen LogP contribution in [0.1, 0.15) is 73.6 Å². The second-order valence-corrected chi connectivity index (χ2v) is 8.70. The van der Waals surface area contributed by atoms with Gasteiger partial charge in [0.05, 0.1) is 24.3 Å². The molecule has 0 bridgehead atoms. The fourth-order valence-electron chi connectivity index (χ4n) is 3.52. The number of amides is 2. The van der Waals surface area contributed by atoms with Crippen LogP contribution in [-0.4, -0.2) is 58.4 Å². The van der Waals surface area contributed by atoms with Gasteiger partial charge in [-0.15, -0.1) is 0 Å². The maximum absolute atomic E-state index is 11.3. The maximum atomic E-state index is 11.3. The molecule has 8 atom stereocenters. The summed E-state index contributed by atoms with van der Waals surface area (Å²) in [7, 11) is 0. The Kier molecular flexibility index (Phi) is 12.6. The van der Waals surface area contributed by atoms with Gasteiger partial charge >= 0.3 is 0 Å². The van der Waals surface area contributed by atoms with E-state index in [-0.39, 0.29) is 43.5 Å². The largest absolute Gasteiger partial charge is 0.393 e. The number of hydrogen-bond acceptors (Lipinski definition) is 6. The molecule has 2 aliphatic rings. The van der Waals surface area contributed by atoms with Crippen molar-refractivity contribution >= 4 is 11.8 Å². The predicted octanol–water partition coefficient (Wildman–Crippen LogP) is 0.635. The molecule has 29 heavy (non-hydrogen) atoms. The van der Waals surface area contributed by atoms with E-state index in [1.807, 2.05) is 13.8 Å². The van der Waals surface area contributed by atoms with Crippen molar-refractivity contribution < 1.29 is 19.8 Å². The number of aliphatic hydroxyl groups is 2. The summed E-state index contributed by atoms with van der Waals surface area (Å²) in [5.74, 6) is 0.436. The van der Waals surface area contributed by atoms with Crippen LogP contribution in [-0.2, 0) is 9.59 Å². The van der Waals surface area contributed by atoms with E-state index >= 15 is 0 Å². The zero-order valence-electron chi connectivity index (χ0n) is 17.7. The van der Waals surface area contributed by atoms with E-state index in [9.17, 15) is 19.8 Å². The van der Waals surface area contributed by atoms with Crippen LogP contribution in [0.5, 0.6) is 0 Å². The van der Waals surface area contributed by atoms with E-state index in [0.717, 1.165) is 25.7 Å². The lowest BCUT2D eigenvalue weighted by atomic mass is 9.85. The molecule has 2 amide bonds. The molecule has 0 aliphatic heterocycles. The lowest BCUT2D eigenvalue weighted by molar-refractivity contribution is -0.124. The molecule has 0 saturated heterocycles. The summed E-state index contributed by atoms with van der Waals surface area (Å²) in [5, 5.41) is 24.9. The van der Waals surface area contributed by atoms with Gasteiger partial charge in [-0.25, -0.2) is 0 Å². The number of aliphatic hydroxyl groups excluding tert-OH is 2. The van der Waals surface area contributed by atoms with Crippen molar-refractivity contribution in [2.24, 2.45) is 23.3 Å². The highest BCUT2D eigenvalue weighted by Crippen LogP contribution is 2.24. The molecule has 0 heterocycles. The standard InChI is InChI=1S/2C10H20N2O2.CH4/c2*1-6-3-4-8(5-9(6)13)12-10(14)7(2)11;/h2*6-9,13H,3-5,11H2,1-2H3,(H,12,14);1H4/t6-,7+,8-,9-;6-,7-,8-,9-;/m10./s1. The second-order valence-electron chi connectivity index (χ2n) is 8.70. The van der Waals surface area contributed by atoms with Crippen molar-refractivity contribution in [2.45, 2.75) is 110 Å². The van der Waals surface area contributed by atoms with E-state index in [4.69, 9.17) is 11.5 Å². The molecule has 2 fully saturated rings. The van der Waals surface area contributed by atoms with Crippen LogP contribution in [0.25, 0.3) is 0 Å². The van der Waals surface area contributed by atoms with E-state index in [1.54, 1.807) is 13.8 Å². The van der Waals surface area contributed by atoms with Crippen molar-refractivity contribution in [2.75, 3.05) is 0 Å². The van der Waals surface area contributed by atoms with Gasteiger partial charge < -0.3 is 32.3 Å². The average Bonchev–Trinajstić information content (AvgIpc) is 2.61. The summed E-state index contributed by atoms with van der Waals surface area (Å²) >= 11 is 0. The van der Waals surface area contributed by atoms with Gasteiger partial charge in [-0.2, -0.15) is 0 Å². The molecule has 2 saturated carbocycles. The zero-order chi connectivity index (χ0) is 21.4. The minimum Gasteiger partial charge on any atom is -0.393 e. The minimum atomic E-state index is -0.466. The monoisotopic (exact) mass is 416 g/mol. The Morgan fingerprint density at radius 2 is 1.10 bits per heavy atom. The summed E-state index contributed by atoms with van der Waals surface area (Å²) in [6, 6.07) is -0.739. The Morgan fingerprint density at radius 3 is 1.34 bits per heavy atom. The highest BCUT2D eigenvalue weighted by atomic mass is 16.3. The third-order valence-corrected chi connectivity index (χ3v) is 5.83. The Morgan fingerprint density at radius 1 is 0.793 bits per heavy atom. The Labute approximate surface area is 176 Å². The molecule has 8 heteroatoms. The molecule has 0 radical (unpaired) electrons. The summed E-state index contributed by atoms with van der Waals surface area (Å²) in [6.45, 7) is 7.40. The number of carbonyl (C=O) groups is 2. The molecule has 0 spiro atoms. The third kappa shape index (κ3) is 9.89. The lowest BCUT2D eigenvalue weighted by Gasteiger charge is -2.31. The molecule has 172 valence electrons. The summed E-state index contributed by atoms with van der Waals surface area (Å²) in [6.07, 6.45) is 4.53. The fourth-order valence-corrected chi connectivity index (χ4v) is 3.52. The number of rotatable bonds is 4. The first kappa shape index (κ1) is 27.8. The molecule has 8 nitrogen and oxygen atoms in total. The molecule has 2 rings (SSSR count). The first-order valence-electron chi connectivity index (χ1n) is 10.5. The third-order valence-electron chi connectivity index (χ3n) is 5.83. The number of hydrogen-bond donors (Lipinski definition) is 6. The van der Waals surface area contributed by atoms with Gasteiger partial charge in [-0.05, 0) is 64.2 Å². The predicted molar refractivity (Wildman–Crippen MR) is 116 cm³/mol. The number of nitrogens with one attached hydrogen (secondary N) is 2. The molecule has 0 aromatic heterocycles. The maximum Gasteiger partial charge on any atom is 0.236 e. The SMILES string of the molecule is C.C[C@H](N)C(=O)N[C@@H]1CC[C@@H](C)[C@H](O)C1.C[C@H](N)C(=O)N[C@H]1CC[C@H](C)[C@@H](O)C1. The molecule has 8 N–H and O–H groups in total. The Bertz CT molecular complexity index is 457. The van der Waals surface area contributed by atoms with Gasteiger partial charge in [0, 0.05) is 12.1 Å². The van der Waals surface area contributed by atoms with Crippen molar-refractivity contribution in [3.63, 3.8) is 0 Å². The summed E-state index contributed by atoms with van der Waals surface area (Å²) in [5.41, 5.74) is 10.9. The van der Waals surface area contributed by atoms with Crippen molar-refractivity contribution in [3.05, 3.63) is 0 Å². The number of carbonyl (C=O) groups excluding carboxylic acids is 2. The number of nitrogens with two attached hydrogens (primary N) is 2. The lowest BCUT2D eigenvalue weighted by Crippen LogP contribution is -2.47. The van der Waals surface area contributed by atoms with Crippen LogP contribution in [0.2, 0.25) is 0 Å². The molecule has 0 unspecified atom stereocenters. The average molecular weight is 417 g/mol. The molecule has 0 aromatic carbocycles. The van der Waals surface area contributed by atoms with Gasteiger partial charge in [0.1, 0.15) is 0 Å². The smallest absolute Gasteiger partial charge is 0.236 e. The van der Waals surface area contributed by atoms with Crippen LogP contribution in [0, 0.1) is 11.8 Å². The topological polar surface area (TPSA) is 151 Å². The highest BCUT2D eigenvalue weighted by molar-refractivity contribution is 5.81. The second kappa shape index (κ2) is 13.2. The Balaban J connectivity index is 0.000000523. The van der Waals surface area contributed by atoms with Gasteiger partial charge in [0.2, 0.25) is 11.8 Å². The normalized spacial score (nSPS) is 33.8. The first-order valence-corrected chi connectivity index (χ1v) is 10.5. The van der Waals surface area contributed by atoms with E-state index in [2.05, 4.69) is 10.6 Å². The Hall–Kier alpha value is -1.22. The summed E-state index contributed by atoms with van der Waals surface area (Å²) in [4.78, 5) is 22.6. The van der Waals surface area contributed by atoms with Crippen LogP contribution in [0.15, 0.2) is 0 Å². The zero-order valence-corrected chi connectivity index (χ0v) is 17.7. The van der Waals surface area contributed by atoms with Crippen LogP contribution >= 0.6 is 0 Å². The van der Waals surface area contributed by atoms with Crippen molar-refractivity contribution in [3.8, 4) is 0 Å². The molecule has 0 aromatic rings. The van der Waals surface area contributed by atoms with Gasteiger partial charge in [-0.3, -0.25) is 9.59 Å². The van der Waals surface area contributed by atoms with E-state index in [1.165, 1.54) is 0 Å². The first-order chi connectivity index (χ1) is 13.0. The molecular formula is C21H44N4O4. The molecular weight excluding hydrogens is 372 g/mol. The van der Waals surface area contributed by atoms with Gasteiger partial charge in [-0.1, -0.05) is 21.3 Å². The fraction of sp³-hybridized carbons (Fsp3) is 0.905. The summed E-state index contributed by atoms with van der Waals surface area (Å²) < 4.78 is 0. The van der Waals surface area contributed by atoms with Crippen molar-refractivity contribution in [1.82, 2.24) is 10.6 Å². The van der Waals surface area contributed by atoms with Crippen LogP contribution in [0.4, 0.5) is 0 Å². The van der Waals surface area contributed by atoms with E-state index < -0.39 is 12.1 Å². The quantitative estimate of drug-likeness (QED) is 0.396. The van der Waals surface area contributed by atoms with Gasteiger partial charge in [0.25, 0.3) is 0 Å². The van der Waals surface area contributed by atoms with Crippen LogP contribution in [0.3, 0.4) is 0 Å². The van der Waals surface area contributed by atoms with Crippen LogP contribution < -0.4 is 22.1 Å². The van der Waals surface area contributed by atoms with E-state index in [0.29, 0.717) is 24.7 Å². The highest BCUT2D eigenvalue weighted by Gasteiger charge is 2.28. The molecule has 2 aliphatic carbocycles. The van der Waals surface area contributed by atoms with Gasteiger partial charge in [0.15, 0.2) is 0 Å².